The van der Waals surface area contributed by atoms with Gasteiger partial charge >= 0.3 is 5.69 Å². The number of benzene rings is 1. The van der Waals surface area contributed by atoms with Crippen molar-refractivity contribution < 1.29 is 17.7 Å². The zero-order chi connectivity index (χ0) is 13.9. The van der Waals surface area contributed by atoms with Gasteiger partial charge in [0, 0.05) is 12.6 Å². The van der Waals surface area contributed by atoms with Crippen molar-refractivity contribution in [2.75, 3.05) is 6.54 Å². The van der Waals surface area contributed by atoms with E-state index in [4.69, 9.17) is 5.73 Å². The third kappa shape index (κ3) is 3.22. The Balaban J connectivity index is 3.24. The molecule has 0 aliphatic rings. The van der Waals surface area contributed by atoms with Gasteiger partial charge < -0.3 is 5.73 Å². The number of nitro groups is 1. The average molecular weight is 277 g/mol. The third-order valence-electron chi connectivity index (χ3n) is 2.02. The van der Waals surface area contributed by atoms with Gasteiger partial charge in [-0.05, 0) is 19.1 Å². The summed E-state index contributed by atoms with van der Waals surface area (Å²) in [6.45, 7) is 1.46. The molecule has 7 nitrogen and oxygen atoms in total. The second-order valence-corrected chi connectivity index (χ2v) is 5.41. The largest absolute Gasteiger partial charge is 0.327 e. The molecule has 18 heavy (non-hydrogen) atoms. The topological polar surface area (TPSA) is 115 Å². The highest BCUT2D eigenvalue weighted by Gasteiger charge is 2.29. The summed E-state index contributed by atoms with van der Waals surface area (Å²) in [6, 6.07) is 2.41. The Morgan fingerprint density at radius 2 is 2.17 bits per heavy atom. The molecule has 0 radical (unpaired) electrons. The molecule has 0 aliphatic carbocycles. The summed E-state index contributed by atoms with van der Waals surface area (Å²) in [4.78, 5) is 8.89. The van der Waals surface area contributed by atoms with Gasteiger partial charge in [-0.2, -0.15) is 4.39 Å². The van der Waals surface area contributed by atoms with Crippen LogP contribution < -0.4 is 10.5 Å². The number of rotatable bonds is 5. The molecule has 0 spiro atoms. The van der Waals surface area contributed by atoms with E-state index in [1.165, 1.54) is 0 Å². The van der Waals surface area contributed by atoms with E-state index in [1.807, 2.05) is 0 Å². The number of para-hydroxylation sites is 1. The average Bonchev–Trinajstić information content (AvgIpc) is 2.25. The maximum atomic E-state index is 13.3. The summed E-state index contributed by atoms with van der Waals surface area (Å²) in [5.41, 5.74) is 4.30. The fourth-order valence-corrected chi connectivity index (χ4v) is 2.53. The van der Waals surface area contributed by atoms with Crippen LogP contribution in [0.15, 0.2) is 23.1 Å². The number of nitrogens with zero attached hydrogens (tertiary/aromatic N) is 1. The molecule has 0 aliphatic heterocycles. The summed E-state index contributed by atoms with van der Waals surface area (Å²) in [6.07, 6.45) is 0. The van der Waals surface area contributed by atoms with Crippen molar-refractivity contribution in [1.29, 1.82) is 0 Å². The van der Waals surface area contributed by atoms with Crippen LogP contribution in [-0.2, 0) is 10.0 Å². The van der Waals surface area contributed by atoms with E-state index < -0.39 is 37.4 Å². The quantitative estimate of drug-likeness (QED) is 0.595. The highest BCUT2D eigenvalue weighted by molar-refractivity contribution is 7.89. The van der Waals surface area contributed by atoms with Crippen LogP contribution >= 0.6 is 0 Å². The van der Waals surface area contributed by atoms with Gasteiger partial charge in [0.25, 0.3) is 0 Å². The minimum atomic E-state index is -4.17. The molecule has 1 unspecified atom stereocenters. The molecule has 9 heteroatoms. The van der Waals surface area contributed by atoms with E-state index in [2.05, 4.69) is 4.72 Å². The number of sulfonamides is 1. The van der Waals surface area contributed by atoms with Crippen LogP contribution in [0.1, 0.15) is 6.92 Å². The summed E-state index contributed by atoms with van der Waals surface area (Å²) >= 11 is 0. The van der Waals surface area contributed by atoms with Gasteiger partial charge in [-0.1, -0.05) is 6.07 Å². The molecule has 0 bridgehead atoms. The monoisotopic (exact) mass is 277 g/mol. The second-order valence-electron chi connectivity index (χ2n) is 3.67. The Bertz CT molecular complexity index is 559. The maximum absolute atomic E-state index is 13.3. The molecule has 3 N–H and O–H groups in total. The molecule has 0 fully saturated rings. The van der Waals surface area contributed by atoms with Crippen molar-refractivity contribution in [3.63, 3.8) is 0 Å². The number of hydrogen-bond acceptors (Lipinski definition) is 5. The molecule has 1 aromatic rings. The summed E-state index contributed by atoms with van der Waals surface area (Å²) in [7, 11) is -4.17. The minimum Gasteiger partial charge on any atom is -0.327 e. The van der Waals surface area contributed by atoms with Crippen LogP contribution in [0.2, 0.25) is 0 Å². The lowest BCUT2D eigenvalue weighted by Crippen LogP contribution is -2.35. The van der Waals surface area contributed by atoms with E-state index in [1.54, 1.807) is 6.92 Å². The summed E-state index contributed by atoms with van der Waals surface area (Å²) in [5, 5.41) is 10.7. The Morgan fingerprint density at radius 3 is 2.67 bits per heavy atom. The first-order valence-corrected chi connectivity index (χ1v) is 6.42. The summed E-state index contributed by atoms with van der Waals surface area (Å²) < 4.78 is 38.9. The first-order chi connectivity index (χ1) is 8.25. The lowest BCUT2D eigenvalue weighted by Gasteiger charge is -2.09. The fourth-order valence-electron chi connectivity index (χ4n) is 1.21. The van der Waals surface area contributed by atoms with Crippen molar-refractivity contribution in [3.05, 3.63) is 34.1 Å². The van der Waals surface area contributed by atoms with E-state index in [0.29, 0.717) is 0 Å². The first kappa shape index (κ1) is 14.5. The van der Waals surface area contributed by atoms with Crippen LogP contribution in [0.25, 0.3) is 0 Å². The van der Waals surface area contributed by atoms with Crippen LogP contribution in [0.4, 0.5) is 10.1 Å². The lowest BCUT2D eigenvalue weighted by molar-refractivity contribution is -0.390. The molecule has 100 valence electrons. The van der Waals surface area contributed by atoms with Gasteiger partial charge in [-0.3, -0.25) is 10.1 Å². The van der Waals surface area contributed by atoms with Gasteiger partial charge in [-0.25, -0.2) is 13.1 Å². The molecule has 0 aromatic heterocycles. The van der Waals surface area contributed by atoms with Crippen molar-refractivity contribution in [3.8, 4) is 0 Å². The third-order valence-corrected chi connectivity index (χ3v) is 3.47. The molecule has 1 aromatic carbocycles. The van der Waals surface area contributed by atoms with E-state index in [-0.39, 0.29) is 6.54 Å². The molecule has 0 saturated carbocycles. The van der Waals surface area contributed by atoms with E-state index in [9.17, 15) is 22.9 Å². The molecule has 0 saturated heterocycles. The van der Waals surface area contributed by atoms with Crippen LogP contribution in [-0.4, -0.2) is 25.9 Å². The maximum Gasteiger partial charge on any atom is 0.324 e. The predicted octanol–water partition coefficient (Wildman–Crippen LogP) is 0.359. The van der Waals surface area contributed by atoms with E-state index >= 15 is 0 Å². The van der Waals surface area contributed by atoms with Crippen LogP contribution in [0.5, 0.6) is 0 Å². The Hall–Kier alpha value is -1.58. The standard InChI is InChI=1S/C9H12FN3O4S/c1-6(11)5-12-18(16,17)8-4-2-3-7(10)9(8)13(14)15/h2-4,6,12H,5,11H2,1H3. The van der Waals surface area contributed by atoms with Crippen LogP contribution in [0, 0.1) is 15.9 Å². The zero-order valence-corrected chi connectivity index (χ0v) is 10.3. The van der Waals surface area contributed by atoms with Crippen molar-refractivity contribution in [2.45, 2.75) is 17.9 Å². The van der Waals surface area contributed by atoms with Gasteiger partial charge in [0.1, 0.15) is 0 Å². The van der Waals surface area contributed by atoms with Crippen molar-refractivity contribution in [1.82, 2.24) is 4.72 Å². The van der Waals surface area contributed by atoms with Gasteiger partial charge in [0.05, 0.1) is 4.92 Å². The SMILES string of the molecule is CC(N)CNS(=O)(=O)c1cccc(F)c1[N+](=O)[O-]. The molecular weight excluding hydrogens is 265 g/mol. The highest BCUT2D eigenvalue weighted by atomic mass is 32.2. The highest BCUT2D eigenvalue weighted by Crippen LogP contribution is 2.26. The minimum absolute atomic E-state index is 0.101. The number of nitrogens with two attached hydrogens (primary N) is 1. The normalized spacial score (nSPS) is 13.3. The van der Waals surface area contributed by atoms with E-state index in [0.717, 1.165) is 18.2 Å². The lowest BCUT2D eigenvalue weighted by atomic mass is 10.3. The van der Waals surface area contributed by atoms with Crippen molar-refractivity contribution >= 4 is 15.7 Å². The smallest absolute Gasteiger partial charge is 0.324 e. The molecule has 0 heterocycles. The number of hydrogen-bond donors (Lipinski definition) is 2. The molecule has 0 amide bonds. The molecule has 1 atom stereocenters. The van der Waals surface area contributed by atoms with Gasteiger partial charge in [-0.15, -0.1) is 0 Å². The molecular formula is C9H12FN3O4S. The van der Waals surface area contributed by atoms with Crippen molar-refractivity contribution in [2.24, 2.45) is 5.73 Å². The molecule has 1 rings (SSSR count). The predicted molar refractivity (Wildman–Crippen MR) is 61.9 cm³/mol. The Kier molecular flexibility index (Phi) is 4.33. The number of nitrogens with one attached hydrogen (secondary N) is 1. The Morgan fingerprint density at radius 1 is 1.56 bits per heavy atom. The second kappa shape index (κ2) is 5.38. The Labute approximate surface area is 103 Å². The van der Waals surface area contributed by atoms with Crippen LogP contribution in [0.3, 0.4) is 0 Å². The summed E-state index contributed by atoms with van der Waals surface area (Å²) in [5.74, 6) is -1.20. The van der Waals surface area contributed by atoms with Gasteiger partial charge in [0.2, 0.25) is 15.8 Å². The fraction of sp³-hybridized carbons (Fsp3) is 0.333. The number of halogens is 1. The van der Waals surface area contributed by atoms with Gasteiger partial charge in [0.15, 0.2) is 4.90 Å². The number of nitro benzene ring substituents is 1. The first-order valence-electron chi connectivity index (χ1n) is 4.94. The zero-order valence-electron chi connectivity index (χ0n) is 9.46.